The van der Waals surface area contributed by atoms with Crippen LogP contribution in [0.4, 0.5) is 11.5 Å². The molecule has 5 nitrogen and oxygen atoms in total. The van der Waals surface area contributed by atoms with Gasteiger partial charge in [0.25, 0.3) is 0 Å². The average Bonchev–Trinajstić information content (AvgIpc) is 3.01. The van der Waals surface area contributed by atoms with Crippen LogP contribution in [0.25, 0.3) is 0 Å². The Balaban J connectivity index is 1.57. The Morgan fingerprint density at radius 3 is 2.92 bits per heavy atom. The highest BCUT2D eigenvalue weighted by molar-refractivity contribution is 7.80. The summed E-state index contributed by atoms with van der Waals surface area (Å²) in [5, 5.41) is 6.75. The SMILES string of the molecule is Cc1ccc(NC(=S)NCc2cccc(N3CCCC3=O)c2)nc1. The average molecular weight is 340 g/mol. The molecule has 0 spiro atoms. The summed E-state index contributed by atoms with van der Waals surface area (Å²) < 4.78 is 0. The Labute approximate surface area is 147 Å². The van der Waals surface area contributed by atoms with Crippen molar-refractivity contribution in [3.8, 4) is 0 Å². The van der Waals surface area contributed by atoms with Crippen LogP contribution >= 0.6 is 12.2 Å². The van der Waals surface area contributed by atoms with Gasteiger partial charge in [-0.05, 0) is 54.9 Å². The summed E-state index contributed by atoms with van der Waals surface area (Å²) in [6.07, 6.45) is 3.36. The van der Waals surface area contributed by atoms with Crippen LogP contribution in [0.5, 0.6) is 0 Å². The Kier molecular flexibility index (Phi) is 5.05. The summed E-state index contributed by atoms with van der Waals surface area (Å²) >= 11 is 5.30. The molecule has 1 aromatic heterocycles. The number of aromatic nitrogens is 1. The number of nitrogens with zero attached hydrogens (tertiary/aromatic N) is 2. The molecule has 0 bridgehead atoms. The third kappa shape index (κ3) is 4.08. The van der Waals surface area contributed by atoms with Crippen molar-refractivity contribution in [2.45, 2.75) is 26.3 Å². The van der Waals surface area contributed by atoms with Crippen molar-refractivity contribution in [1.29, 1.82) is 0 Å². The van der Waals surface area contributed by atoms with E-state index in [1.165, 1.54) is 0 Å². The molecule has 1 fully saturated rings. The topological polar surface area (TPSA) is 57.3 Å². The molecule has 3 rings (SSSR count). The standard InChI is InChI=1S/C18H20N4OS/c1-13-7-8-16(19-11-13)21-18(24)20-12-14-4-2-5-15(10-14)22-9-3-6-17(22)23/h2,4-5,7-8,10-11H,3,6,9,12H2,1H3,(H2,19,20,21,24). The number of hydrogen-bond acceptors (Lipinski definition) is 3. The Hall–Kier alpha value is -2.47. The van der Waals surface area contributed by atoms with Gasteiger partial charge in [-0.3, -0.25) is 4.79 Å². The van der Waals surface area contributed by atoms with Crippen molar-refractivity contribution >= 4 is 34.7 Å². The van der Waals surface area contributed by atoms with Crippen LogP contribution < -0.4 is 15.5 Å². The zero-order valence-corrected chi connectivity index (χ0v) is 14.4. The molecular weight excluding hydrogens is 320 g/mol. The van der Waals surface area contributed by atoms with E-state index in [-0.39, 0.29) is 5.91 Å². The number of carbonyl (C=O) groups excluding carboxylic acids is 1. The molecule has 0 atom stereocenters. The van der Waals surface area contributed by atoms with E-state index in [0.717, 1.165) is 35.6 Å². The molecule has 0 radical (unpaired) electrons. The lowest BCUT2D eigenvalue weighted by Gasteiger charge is -2.17. The van der Waals surface area contributed by atoms with E-state index in [9.17, 15) is 4.79 Å². The van der Waals surface area contributed by atoms with Crippen LogP contribution in [-0.4, -0.2) is 22.5 Å². The minimum Gasteiger partial charge on any atom is -0.358 e. The molecule has 1 saturated heterocycles. The minimum absolute atomic E-state index is 0.197. The number of aryl methyl sites for hydroxylation is 1. The van der Waals surface area contributed by atoms with Crippen LogP contribution in [0.3, 0.4) is 0 Å². The fourth-order valence-corrected chi connectivity index (χ4v) is 2.82. The van der Waals surface area contributed by atoms with Crippen molar-refractivity contribution in [3.05, 3.63) is 53.7 Å². The second-order valence-electron chi connectivity index (χ2n) is 5.85. The molecule has 6 heteroatoms. The number of hydrogen-bond donors (Lipinski definition) is 2. The first-order chi connectivity index (χ1) is 11.6. The first-order valence-electron chi connectivity index (χ1n) is 7.98. The molecule has 0 aliphatic carbocycles. The summed E-state index contributed by atoms with van der Waals surface area (Å²) in [5.74, 6) is 0.914. The molecule has 1 amide bonds. The highest BCUT2D eigenvalue weighted by Crippen LogP contribution is 2.22. The van der Waals surface area contributed by atoms with Crippen molar-refractivity contribution in [2.24, 2.45) is 0 Å². The number of carbonyl (C=O) groups is 1. The van der Waals surface area contributed by atoms with Gasteiger partial charge in [0.15, 0.2) is 5.11 Å². The maximum Gasteiger partial charge on any atom is 0.227 e. The van der Waals surface area contributed by atoms with E-state index < -0.39 is 0 Å². The summed E-state index contributed by atoms with van der Waals surface area (Å²) in [4.78, 5) is 18.0. The Morgan fingerprint density at radius 2 is 2.21 bits per heavy atom. The molecule has 24 heavy (non-hydrogen) atoms. The van der Waals surface area contributed by atoms with Crippen LogP contribution in [0.1, 0.15) is 24.0 Å². The molecule has 0 unspecified atom stereocenters. The van der Waals surface area contributed by atoms with Crippen LogP contribution in [0.2, 0.25) is 0 Å². The Morgan fingerprint density at radius 1 is 1.33 bits per heavy atom. The van der Waals surface area contributed by atoms with Gasteiger partial charge in [-0.1, -0.05) is 18.2 Å². The van der Waals surface area contributed by atoms with Crippen molar-refractivity contribution in [1.82, 2.24) is 10.3 Å². The predicted octanol–water partition coefficient (Wildman–Crippen LogP) is 3.00. The second-order valence-corrected chi connectivity index (χ2v) is 6.26. The molecule has 1 aromatic carbocycles. The number of thiocarbonyl (C=S) groups is 1. The van der Waals surface area contributed by atoms with Gasteiger partial charge in [0.05, 0.1) is 0 Å². The van der Waals surface area contributed by atoms with Gasteiger partial charge in [0.2, 0.25) is 5.91 Å². The smallest absolute Gasteiger partial charge is 0.227 e. The van der Waals surface area contributed by atoms with Gasteiger partial charge in [-0.2, -0.15) is 0 Å². The van der Waals surface area contributed by atoms with Crippen molar-refractivity contribution in [3.63, 3.8) is 0 Å². The first-order valence-corrected chi connectivity index (χ1v) is 8.39. The third-order valence-electron chi connectivity index (χ3n) is 3.90. The van der Waals surface area contributed by atoms with E-state index in [2.05, 4.69) is 15.6 Å². The van der Waals surface area contributed by atoms with Crippen LogP contribution in [0, 0.1) is 6.92 Å². The number of pyridine rings is 1. The second kappa shape index (κ2) is 7.40. The summed E-state index contributed by atoms with van der Waals surface area (Å²) in [6, 6.07) is 11.9. The maximum absolute atomic E-state index is 11.9. The summed E-state index contributed by atoms with van der Waals surface area (Å²) in [7, 11) is 0. The fourth-order valence-electron chi connectivity index (χ4n) is 2.64. The molecule has 0 saturated carbocycles. The number of rotatable bonds is 4. The molecule has 2 aromatic rings. The van der Waals surface area contributed by atoms with Gasteiger partial charge in [0, 0.05) is 31.4 Å². The number of benzene rings is 1. The summed E-state index contributed by atoms with van der Waals surface area (Å²) in [5.41, 5.74) is 3.14. The lowest BCUT2D eigenvalue weighted by atomic mass is 10.2. The molecule has 124 valence electrons. The van der Waals surface area contributed by atoms with Crippen LogP contribution in [0.15, 0.2) is 42.6 Å². The Bertz CT molecular complexity index is 745. The third-order valence-corrected chi connectivity index (χ3v) is 4.15. The lowest BCUT2D eigenvalue weighted by Crippen LogP contribution is -2.28. The number of amides is 1. The zero-order valence-electron chi connectivity index (χ0n) is 13.6. The highest BCUT2D eigenvalue weighted by atomic mass is 32.1. The lowest BCUT2D eigenvalue weighted by molar-refractivity contribution is -0.117. The number of anilines is 2. The van der Waals surface area contributed by atoms with E-state index in [4.69, 9.17) is 12.2 Å². The van der Waals surface area contributed by atoms with Gasteiger partial charge >= 0.3 is 0 Å². The number of nitrogens with one attached hydrogen (secondary N) is 2. The minimum atomic E-state index is 0.197. The molecule has 2 N–H and O–H groups in total. The zero-order chi connectivity index (χ0) is 16.9. The molecular formula is C18H20N4OS. The summed E-state index contributed by atoms with van der Waals surface area (Å²) in [6.45, 7) is 3.38. The van der Waals surface area contributed by atoms with Gasteiger partial charge < -0.3 is 15.5 Å². The first kappa shape index (κ1) is 16.4. The van der Waals surface area contributed by atoms with Gasteiger partial charge in [-0.15, -0.1) is 0 Å². The quantitative estimate of drug-likeness (QED) is 0.838. The van der Waals surface area contributed by atoms with Crippen molar-refractivity contribution in [2.75, 3.05) is 16.8 Å². The molecule has 1 aliphatic rings. The van der Waals surface area contributed by atoms with Gasteiger partial charge in [-0.25, -0.2) is 4.98 Å². The van der Waals surface area contributed by atoms with E-state index in [1.807, 2.05) is 48.2 Å². The monoisotopic (exact) mass is 340 g/mol. The molecule has 2 heterocycles. The van der Waals surface area contributed by atoms with Crippen LogP contribution in [-0.2, 0) is 11.3 Å². The van der Waals surface area contributed by atoms with E-state index in [1.54, 1.807) is 6.20 Å². The molecule has 1 aliphatic heterocycles. The normalized spacial score (nSPS) is 13.9. The van der Waals surface area contributed by atoms with E-state index >= 15 is 0 Å². The predicted molar refractivity (Wildman–Crippen MR) is 100 cm³/mol. The fraction of sp³-hybridized carbons (Fsp3) is 0.278. The largest absolute Gasteiger partial charge is 0.358 e. The maximum atomic E-state index is 11.9. The van der Waals surface area contributed by atoms with Gasteiger partial charge in [0.1, 0.15) is 5.82 Å². The van der Waals surface area contributed by atoms with Crippen molar-refractivity contribution < 1.29 is 4.79 Å². The van der Waals surface area contributed by atoms with E-state index in [0.29, 0.717) is 18.1 Å². The highest BCUT2D eigenvalue weighted by Gasteiger charge is 2.21.